The predicted molar refractivity (Wildman–Crippen MR) is 164 cm³/mol. The first kappa shape index (κ1) is 32.9. The molecular formula is C34H38F3N3O4. The standard InChI is InChI=1S/C34H38F3N3O4/c1-5-7-29(40-17-23(13-28(36)34(40)44)10-11-39-18-26(35)19-39)33(43)38-16-25(15-30(41)42)27-14-24(12-22(4)32(27)37)31-20(2)8-6-9-21(31)3/h6,8-9,12-14,16-17,25-26,29H,5,7,10-11,15,18-19H2,1-4H3,(H,41,42)/b38-16+. The van der Waals surface area contributed by atoms with Crippen LogP contribution in [-0.4, -0.2) is 58.5 Å². The second-order valence-electron chi connectivity index (χ2n) is 11.6. The van der Waals surface area contributed by atoms with Gasteiger partial charge in [0.1, 0.15) is 18.0 Å². The monoisotopic (exact) mass is 609 g/mol. The van der Waals surface area contributed by atoms with Gasteiger partial charge in [0, 0.05) is 38.0 Å². The molecule has 0 radical (unpaired) electrons. The smallest absolute Gasteiger partial charge is 0.304 e. The second-order valence-corrected chi connectivity index (χ2v) is 11.6. The van der Waals surface area contributed by atoms with Gasteiger partial charge < -0.3 is 9.67 Å². The fraction of sp³-hybridized carbons (Fsp3) is 0.412. The van der Waals surface area contributed by atoms with E-state index in [1.54, 1.807) is 26.0 Å². The number of carboxylic acids is 1. The Balaban J connectivity index is 1.67. The Hall–Kier alpha value is -4.05. The normalized spacial score (nSPS) is 15.3. The largest absolute Gasteiger partial charge is 0.481 e. The highest BCUT2D eigenvalue weighted by molar-refractivity contribution is 5.91. The minimum Gasteiger partial charge on any atom is -0.481 e. The summed E-state index contributed by atoms with van der Waals surface area (Å²) < 4.78 is 44.5. The molecule has 3 aromatic rings. The average molecular weight is 610 g/mol. The van der Waals surface area contributed by atoms with Crippen LogP contribution in [-0.2, 0) is 16.0 Å². The minimum atomic E-state index is -1.21. The van der Waals surface area contributed by atoms with Crippen molar-refractivity contribution >= 4 is 18.1 Å². The number of carboxylic acid groups (broad SMARTS) is 1. The Kier molecular flexibility index (Phi) is 10.6. The number of hydrogen-bond donors (Lipinski definition) is 1. The molecule has 234 valence electrons. The van der Waals surface area contributed by atoms with Crippen molar-refractivity contribution in [2.75, 3.05) is 19.6 Å². The summed E-state index contributed by atoms with van der Waals surface area (Å²) in [7, 11) is 0. The van der Waals surface area contributed by atoms with E-state index in [0.29, 0.717) is 49.2 Å². The van der Waals surface area contributed by atoms with Crippen molar-refractivity contribution in [3.8, 4) is 11.1 Å². The van der Waals surface area contributed by atoms with E-state index in [0.717, 1.165) is 33.5 Å². The highest BCUT2D eigenvalue weighted by Crippen LogP contribution is 2.33. The van der Waals surface area contributed by atoms with Gasteiger partial charge in [0.15, 0.2) is 5.82 Å². The van der Waals surface area contributed by atoms with Crippen molar-refractivity contribution in [2.24, 2.45) is 4.99 Å². The van der Waals surface area contributed by atoms with E-state index in [2.05, 4.69) is 4.99 Å². The molecule has 2 aromatic carbocycles. The van der Waals surface area contributed by atoms with Gasteiger partial charge in [0.2, 0.25) is 0 Å². The third-order valence-corrected chi connectivity index (χ3v) is 8.10. The lowest BCUT2D eigenvalue weighted by Gasteiger charge is -2.34. The number of amides is 1. The Labute approximate surface area is 255 Å². The van der Waals surface area contributed by atoms with E-state index in [9.17, 15) is 28.3 Å². The summed E-state index contributed by atoms with van der Waals surface area (Å²) in [6.45, 7) is 8.36. The fourth-order valence-electron chi connectivity index (χ4n) is 5.78. The van der Waals surface area contributed by atoms with Crippen LogP contribution in [0.3, 0.4) is 0 Å². The molecular weight excluding hydrogens is 571 g/mol. The Morgan fingerprint density at radius 3 is 2.39 bits per heavy atom. The molecule has 0 saturated carbocycles. The summed E-state index contributed by atoms with van der Waals surface area (Å²) in [5.74, 6) is -4.68. The van der Waals surface area contributed by atoms with Crippen LogP contribution in [0, 0.1) is 32.4 Å². The molecule has 1 aliphatic rings. The maximum absolute atomic E-state index is 15.5. The maximum Gasteiger partial charge on any atom is 0.304 e. The van der Waals surface area contributed by atoms with Gasteiger partial charge in [0.25, 0.3) is 11.5 Å². The van der Waals surface area contributed by atoms with Gasteiger partial charge in [-0.2, -0.15) is 0 Å². The van der Waals surface area contributed by atoms with Gasteiger partial charge in [-0.25, -0.2) is 18.2 Å². The SMILES string of the molecule is CCCC(C(=O)/N=C/C(CC(=O)O)c1cc(-c2c(C)cccc2C)cc(C)c1F)n1cc(CCN2CC(F)C2)cc(F)c1=O. The molecule has 1 fully saturated rings. The molecule has 1 saturated heterocycles. The van der Waals surface area contributed by atoms with Gasteiger partial charge in [-0.3, -0.25) is 19.3 Å². The molecule has 2 heterocycles. The van der Waals surface area contributed by atoms with Crippen LogP contribution >= 0.6 is 0 Å². The number of rotatable bonds is 12. The van der Waals surface area contributed by atoms with Crippen LogP contribution in [0.2, 0.25) is 0 Å². The zero-order chi connectivity index (χ0) is 32.1. The van der Waals surface area contributed by atoms with Crippen LogP contribution in [0.25, 0.3) is 11.1 Å². The molecule has 1 aromatic heterocycles. The van der Waals surface area contributed by atoms with Gasteiger partial charge in [-0.05, 0) is 90.8 Å². The number of alkyl halides is 1. The van der Waals surface area contributed by atoms with Gasteiger partial charge >= 0.3 is 5.97 Å². The zero-order valence-corrected chi connectivity index (χ0v) is 25.4. The maximum atomic E-state index is 15.5. The number of likely N-dealkylation sites (tertiary alicyclic amines) is 1. The molecule has 1 amide bonds. The molecule has 2 atom stereocenters. The van der Waals surface area contributed by atoms with Crippen LogP contribution < -0.4 is 5.56 Å². The molecule has 0 aliphatic carbocycles. The Morgan fingerprint density at radius 2 is 1.77 bits per heavy atom. The van der Waals surface area contributed by atoms with Crippen LogP contribution in [0.4, 0.5) is 13.2 Å². The molecule has 2 unspecified atom stereocenters. The second kappa shape index (κ2) is 14.2. The number of carbonyl (C=O) groups is 2. The molecule has 7 nitrogen and oxygen atoms in total. The molecule has 10 heteroatoms. The predicted octanol–water partition coefficient (Wildman–Crippen LogP) is 6.11. The summed E-state index contributed by atoms with van der Waals surface area (Å²) in [4.78, 5) is 44.0. The lowest BCUT2D eigenvalue weighted by molar-refractivity contribution is -0.137. The van der Waals surface area contributed by atoms with Crippen LogP contribution in [0.15, 0.2) is 52.4 Å². The first-order chi connectivity index (χ1) is 20.9. The fourth-order valence-corrected chi connectivity index (χ4v) is 5.78. The minimum absolute atomic E-state index is 0.0837. The Morgan fingerprint density at radius 1 is 1.09 bits per heavy atom. The number of carbonyl (C=O) groups excluding carboxylic acids is 1. The van der Waals surface area contributed by atoms with Gasteiger partial charge in [-0.1, -0.05) is 31.5 Å². The van der Waals surface area contributed by atoms with Gasteiger partial charge in [0.05, 0.1) is 6.42 Å². The van der Waals surface area contributed by atoms with Crippen molar-refractivity contribution in [3.05, 3.63) is 92.4 Å². The average Bonchev–Trinajstić information content (AvgIpc) is 2.94. The van der Waals surface area contributed by atoms with Crippen molar-refractivity contribution < 1.29 is 27.9 Å². The van der Waals surface area contributed by atoms with Crippen molar-refractivity contribution in [2.45, 2.75) is 71.5 Å². The number of pyridine rings is 1. The third kappa shape index (κ3) is 7.53. The molecule has 0 spiro atoms. The number of aromatic nitrogens is 1. The van der Waals surface area contributed by atoms with Gasteiger partial charge in [-0.15, -0.1) is 0 Å². The molecule has 1 aliphatic heterocycles. The lowest BCUT2D eigenvalue weighted by Crippen LogP contribution is -2.49. The van der Waals surface area contributed by atoms with Crippen molar-refractivity contribution in [3.63, 3.8) is 0 Å². The summed E-state index contributed by atoms with van der Waals surface area (Å²) >= 11 is 0. The topological polar surface area (TPSA) is 92.0 Å². The zero-order valence-electron chi connectivity index (χ0n) is 25.4. The summed E-state index contributed by atoms with van der Waals surface area (Å²) in [5, 5.41) is 9.66. The summed E-state index contributed by atoms with van der Waals surface area (Å²) in [5.41, 5.74) is 3.47. The number of halogens is 3. The number of aliphatic imine (C=N–C) groups is 1. The van der Waals surface area contributed by atoms with E-state index < -0.39 is 53.6 Å². The number of aryl methyl sites for hydroxylation is 3. The van der Waals surface area contributed by atoms with Crippen LogP contribution in [0.1, 0.15) is 66.0 Å². The van der Waals surface area contributed by atoms with E-state index >= 15 is 4.39 Å². The van der Waals surface area contributed by atoms with E-state index in [-0.39, 0.29) is 12.0 Å². The van der Waals surface area contributed by atoms with Crippen LogP contribution in [0.5, 0.6) is 0 Å². The molecule has 1 N–H and O–H groups in total. The van der Waals surface area contributed by atoms with Crippen molar-refractivity contribution in [1.82, 2.24) is 9.47 Å². The highest BCUT2D eigenvalue weighted by atomic mass is 19.1. The summed E-state index contributed by atoms with van der Waals surface area (Å²) in [6.07, 6.45) is 2.15. The summed E-state index contributed by atoms with van der Waals surface area (Å²) in [6, 6.07) is 9.08. The first-order valence-electron chi connectivity index (χ1n) is 14.8. The molecule has 0 bridgehead atoms. The molecule has 44 heavy (non-hydrogen) atoms. The Bertz CT molecular complexity index is 1610. The number of aliphatic carboxylic acids is 1. The highest BCUT2D eigenvalue weighted by Gasteiger charge is 2.27. The van der Waals surface area contributed by atoms with E-state index in [1.807, 2.05) is 36.9 Å². The number of benzene rings is 2. The quantitative estimate of drug-likeness (QED) is 0.250. The lowest BCUT2D eigenvalue weighted by atomic mass is 9.88. The van der Waals surface area contributed by atoms with E-state index in [1.165, 1.54) is 6.20 Å². The number of nitrogens with zero attached hydrogens (tertiary/aromatic N) is 3. The third-order valence-electron chi connectivity index (χ3n) is 8.10. The molecule has 4 rings (SSSR count). The number of hydrogen-bond acceptors (Lipinski definition) is 4. The van der Waals surface area contributed by atoms with E-state index in [4.69, 9.17) is 0 Å². The van der Waals surface area contributed by atoms with Crippen molar-refractivity contribution in [1.29, 1.82) is 0 Å². The first-order valence-corrected chi connectivity index (χ1v) is 14.8.